The van der Waals surface area contributed by atoms with Gasteiger partial charge in [0.25, 0.3) is 0 Å². The van der Waals surface area contributed by atoms with E-state index < -0.39 is 11.4 Å². The number of carbonyl (C=O) groups is 2. The van der Waals surface area contributed by atoms with Crippen LogP contribution in [0.4, 0.5) is 0 Å². The highest BCUT2D eigenvalue weighted by Crippen LogP contribution is 2.63. The Labute approximate surface area is 150 Å². The van der Waals surface area contributed by atoms with Crippen molar-refractivity contribution in [2.24, 2.45) is 22.7 Å². The molecule has 0 bridgehead atoms. The number of carboxylic acid groups (broad SMARTS) is 1. The molecule has 4 atom stereocenters. The third kappa shape index (κ3) is 3.16. The molecule has 0 amide bonds. The molecule has 4 nitrogen and oxygen atoms in total. The molecule has 1 N–H and O–H groups in total. The van der Waals surface area contributed by atoms with Gasteiger partial charge in [-0.25, -0.2) is 0 Å². The van der Waals surface area contributed by atoms with Gasteiger partial charge in [0.15, 0.2) is 0 Å². The summed E-state index contributed by atoms with van der Waals surface area (Å²) in [5, 5.41) is 9.87. The number of fused-ring (bicyclic) bond motifs is 3. The van der Waals surface area contributed by atoms with Gasteiger partial charge in [0.1, 0.15) is 6.61 Å². The molecule has 0 aromatic carbocycles. The van der Waals surface area contributed by atoms with E-state index in [0.29, 0.717) is 12.5 Å². The van der Waals surface area contributed by atoms with Gasteiger partial charge in [-0.1, -0.05) is 25.0 Å². The number of esters is 1. The second kappa shape index (κ2) is 6.62. The van der Waals surface area contributed by atoms with Crippen molar-refractivity contribution in [2.45, 2.75) is 65.7 Å². The van der Waals surface area contributed by atoms with Crippen LogP contribution < -0.4 is 0 Å². The molecule has 2 saturated carbocycles. The van der Waals surface area contributed by atoms with Crippen molar-refractivity contribution in [1.29, 1.82) is 0 Å². The van der Waals surface area contributed by atoms with Gasteiger partial charge in [-0.3, -0.25) is 9.59 Å². The first-order valence-electron chi connectivity index (χ1n) is 9.53. The van der Waals surface area contributed by atoms with Gasteiger partial charge in [0.05, 0.1) is 5.41 Å². The number of rotatable bonds is 3. The summed E-state index contributed by atoms with van der Waals surface area (Å²) in [6.45, 7) is 6.08. The zero-order chi connectivity index (χ0) is 18.2. The van der Waals surface area contributed by atoms with Gasteiger partial charge in [-0.05, 0) is 74.3 Å². The van der Waals surface area contributed by atoms with Crippen LogP contribution in [0.2, 0.25) is 0 Å². The van der Waals surface area contributed by atoms with Crippen molar-refractivity contribution < 1.29 is 19.4 Å². The van der Waals surface area contributed by atoms with Gasteiger partial charge in [0, 0.05) is 6.92 Å². The summed E-state index contributed by atoms with van der Waals surface area (Å²) in [7, 11) is 0. The fourth-order valence-electron chi connectivity index (χ4n) is 5.88. The van der Waals surface area contributed by atoms with Crippen LogP contribution in [0.1, 0.15) is 65.7 Å². The van der Waals surface area contributed by atoms with E-state index >= 15 is 0 Å². The Morgan fingerprint density at radius 3 is 2.72 bits per heavy atom. The lowest BCUT2D eigenvalue weighted by Gasteiger charge is -2.58. The summed E-state index contributed by atoms with van der Waals surface area (Å²) >= 11 is 0. The van der Waals surface area contributed by atoms with E-state index in [1.165, 1.54) is 18.1 Å². The van der Waals surface area contributed by atoms with Crippen molar-refractivity contribution in [3.8, 4) is 0 Å². The number of hydrogen-bond donors (Lipinski definition) is 1. The molecule has 25 heavy (non-hydrogen) atoms. The number of carbonyl (C=O) groups excluding carboxylic acids is 1. The highest BCUT2D eigenvalue weighted by molar-refractivity contribution is 5.75. The molecule has 0 heterocycles. The molecule has 0 radical (unpaired) electrons. The molecule has 4 heteroatoms. The Bertz CT molecular complexity index is 632. The molecule has 3 aliphatic rings. The number of allylic oxidation sites excluding steroid dienone is 3. The molecule has 2 fully saturated rings. The highest BCUT2D eigenvalue weighted by atomic mass is 16.5. The van der Waals surface area contributed by atoms with Crippen LogP contribution in [0.25, 0.3) is 0 Å². The SMILES string of the molecule is CC(=O)OCC=C1C=C2CCC3[C@](C)(CCC[C@]3(C)C(=O)O)[C@H]2CC1. The predicted octanol–water partition coefficient (Wildman–Crippen LogP) is 4.50. The lowest BCUT2D eigenvalue weighted by atomic mass is 9.46. The third-order valence-corrected chi connectivity index (χ3v) is 7.16. The van der Waals surface area contributed by atoms with Crippen LogP contribution in [0.15, 0.2) is 23.3 Å². The van der Waals surface area contributed by atoms with E-state index in [0.717, 1.165) is 44.9 Å². The van der Waals surface area contributed by atoms with E-state index in [-0.39, 0.29) is 17.3 Å². The Hall–Kier alpha value is -1.58. The van der Waals surface area contributed by atoms with Gasteiger partial charge in [0.2, 0.25) is 0 Å². The molecule has 0 aromatic rings. The normalized spacial score (nSPS) is 39.2. The van der Waals surface area contributed by atoms with Crippen molar-refractivity contribution >= 4 is 11.9 Å². The lowest BCUT2D eigenvalue weighted by molar-refractivity contribution is -0.164. The molecular weight excluding hydrogens is 316 g/mol. The quantitative estimate of drug-likeness (QED) is 0.764. The summed E-state index contributed by atoms with van der Waals surface area (Å²) in [6.07, 6.45) is 11.3. The van der Waals surface area contributed by atoms with E-state index in [1.54, 1.807) is 0 Å². The second-order valence-corrected chi connectivity index (χ2v) is 8.57. The Morgan fingerprint density at radius 1 is 1.28 bits per heavy atom. The smallest absolute Gasteiger partial charge is 0.309 e. The van der Waals surface area contributed by atoms with Crippen LogP contribution in [-0.4, -0.2) is 23.7 Å². The van der Waals surface area contributed by atoms with Crippen molar-refractivity contribution in [1.82, 2.24) is 0 Å². The topological polar surface area (TPSA) is 63.6 Å². The molecular formula is C21H30O4. The van der Waals surface area contributed by atoms with Crippen molar-refractivity contribution in [3.05, 3.63) is 23.3 Å². The first-order valence-corrected chi connectivity index (χ1v) is 9.53. The van der Waals surface area contributed by atoms with Crippen molar-refractivity contribution in [2.75, 3.05) is 6.61 Å². The monoisotopic (exact) mass is 346 g/mol. The number of aliphatic carboxylic acids is 1. The average molecular weight is 346 g/mol. The maximum atomic E-state index is 12.0. The van der Waals surface area contributed by atoms with Crippen molar-refractivity contribution in [3.63, 3.8) is 0 Å². The highest BCUT2D eigenvalue weighted by Gasteiger charge is 2.57. The van der Waals surface area contributed by atoms with Crippen LogP contribution in [-0.2, 0) is 14.3 Å². The largest absolute Gasteiger partial charge is 0.481 e. The standard InChI is InChI=1S/C21H30O4/c1-14(22)25-12-9-15-5-7-17-16(13-15)6-8-18-20(17,2)10-4-11-21(18,3)19(23)24/h9,13,17-18H,4-8,10-12H2,1-3H3,(H,23,24)/t17-,18?,20+,21-/m0/s1. The summed E-state index contributed by atoms with van der Waals surface area (Å²) in [6, 6.07) is 0. The minimum atomic E-state index is -0.617. The van der Waals surface area contributed by atoms with E-state index in [2.05, 4.69) is 13.0 Å². The van der Waals surface area contributed by atoms with Crippen LogP contribution in [0.3, 0.4) is 0 Å². The zero-order valence-corrected chi connectivity index (χ0v) is 15.6. The number of carboxylic acids is 1. The third-order valence-electron chi connectivity index (χ3n) is 7.16. The van der Waals surface area contributed by atoms with E-state index in [9.17, 15) is 14.7 Å². The first kappa shape index (κ1) is 18.2. The number of hydrogen-bond acceptors (Lipinski definition) is 3. The zero-order valence-electron chi connectivity index (χ0n) is 15.6. The van der Waals surface area contributed by atoms with E-state index in [1.807, 2.05) is 13.0 Å². The molecule has 0 aliphatic heterocycles. The number of ether oxygens (including phenoxy) is 1. The van der Waals surface area contributed by atoms with Gasteiger partial charge in [-0.15, -0.1) is 0 Å². The molecule has 0 saturated heterocycles. The molecule has 138 valence electrons. The molecule has 3 aliphatic carbocycles. The Kier molecular flexibility index (Phi) is 4.82. The molecule has 0 aromatic heterocycles. The Balaban J connectivity index is 1.83. The Morgan fingerprint density at radius 2 is 2.04 bits per heavy atom. The fourth-order valence-corrected chi connectivity index (χ4v) is 5.88. The fraction of sp³-hybridized carbons (Fsp3) is 0.714. The summed E-state index contributed by atoms with van der Waals surface area (Å²) in [5.74, 6) is -0.105. The van der Waals surface area contributed by atoms with Gasteiger partial charge >= 0.3 is 11.9 Å². The van der Waals surface area contributed by atoms with Gasteiger partial charge in [-0.2, -0.15) is 0 Å². The minimum absolute atomic E-state index is 0.0941. The summed E-state index contributed by atoms with van der Waals surface area (Å²) in [5.41, 5.74) is 2.25. The predicted molar refractivity (Wildman–Crippen MR) is 95.9 cm³/mol. The van der Waals surface area contributed by atoms with Gasteiger partial charge < -0.3 is 9.84 Å². The first-order chi connectivity index (χ1) is 11.8. The second-order valence-electron chi connectivity index (χ2n) is 8.57. The van der Waals surface area contributed by atoms with Crippen LogP contribution in [0.5, 0.6) is 0 Å². The molecule has 1 unspecified atom stereocenters. The van der Waals surface area contributed by atoms with E-state index in [4.69, 9.17) is 4.74 Å². The van der Waals surface area contributed by atoms with Crippen LogP contribution >= 0.6 is 0 Å². The maximum absolute atomic E-state index is 12.0. The average Bonchev–Trinajstić information content (AvgIpc) is 2.54. The lowest BCUT2D eigenvalue weighted by Crippen LogP contribution is -2.53. The molecule has 3 rings (SSSR count). The summed E-state index contributed by atoms with van der Waals surface area (Å²) in [4.78, 5) is 22.9. The van der Waals surface area contributed by atoms with Crippen LogP contribution in [0, 0.1) is 22.7 Å². The maximum Gasteiger partial charge on any atom is 0.309 e. The minimum Gasteiger partial charge on any atom is -0.481 e. The molecule has 0 spiro atoms. The summed E-state index contributed by atoms with van der Waals surface area (Å²) < 4.78 is 5.03.